The van der Waals surface area contributed by atoms with Crippen LogP contribution in [0.3, 0.4) is 0 Å². The third-order valence-electron chi connectivity index (χ3n) is 4.34. The minimum Gasteiger partial charge on any atom is -0.456 e. The first-order valence-corrected chi connectivity index (χ1v) is 8.39. The Labute approximate surface area is 150 Å². The maximum absolute atomic E-state index is 7.92. The smallest absolute Gasteiger partial charge is 0.137 e. The highest BCUT2D eigenvalue weighted by molar-refractivity contribution is 6.31. The average Bonchev–Trinajstić information content (AvgIpc) is 2.58. The zero-order valence-corrected chi connectivity index (χ0v) is 14.8. The highest BCUT2D eigenvalue weighted by atomic mass is 35.5. The fourth-order valence-corrected chi connectivity index (χ4v) is 3.30. The molecule has 1 aliphatic carbocycles. The van der Waals surface area contributed by atoms with Crippen molar-refractivity contribution >= 4 is 28.3 Å². The van der Waals surface area contributed by atoms with Crippen molar-refractivity contribution in [3.8, 4) is 22.5 Å². The van der Waals surface area contributed by atoms with E-state index in [2.05, 4.69) is 18.2 Å². The number of benzene rings is 3. The molecule has 0 radical (unpaired) electrons. The quantitative estimate of drug-likeness (QED) is 0.492. The van der Waals surface area contributed by atoms with Gasteiger partial charge in [0.05, 0.1) is 5.36 Å². The predicted octanol–water partition coefficient (Wildman–Crippen LogP) is 5.40. The first-order chi connectivity index (χ1) is 12.0. The van der Waals surface area contributed by atoms with E-state index in [9.17, 15) is 0 Å². The van der Waals surface area contributed by atoms with Gasteiger partial charge in [0.15, 0.2) is 0 Å². The summed E-state index contributed by atoms with van der Waals surface area (Å²) < 4.78 is 6.13. The highest BCUT2D eigenvalue weighted by Crippen LogP contribution is 2.41. The van der Waals surface area contributed by atoms with Crippen LogP contribution in [-0.2, 0) is 0 Å². The first kappa shape index (κ1) is 15.7. The molecule has 2 aromatic carbocycles. The largest absolute Gasteiger partial charge is 0.456 e. The number of fused-ring (bicyclic) bond motifs is 2. The molecule has 0 saturated heterocycles. The van der Waals surface area contributed by atoms with E-state index in [1.165, 1.54) is 0 Å². The van der Waals surface area contributed by atoms with Crippen LogP contribution in [0.15, 0.2) is 65.1 Å². The zero-order chi connectivity index (χ0) is 17.6. The molecule has 0 bridgehead atoms. The van der Waals surface area contributed by atoms with E-state index < -0.39 is 0 Å². The predicted molar refractivity (Wildman–Crippen MR) is 103 cm³/mol. The van der Waals surface area contributed by atoms with Gasteiger partial charge in [0.25, 0.3) is 0 Å². The van der Waals surface area contributed by atoms with Crippen LogP contribution in [0.4, 0.5) is 5.69 Å². The Hall–Kier alpha value is -2.78. The molecule has 2 aromatic rings. The van der Waals surface area contributed by atoms with Crippen LogP contribution < -0.4 is 10.3 Å². The molecule has 0 spiro atoms. The molecule has 4 heteroatoms. The number of hydrogen-bond donors (Lipinski definition) is 1. The summed E-state index contributed by atoms with van der Waals surface area (Å²) in [6, 6.07) is 19.5. The molecule has 1 N–H and O–H groups in total. The van der Waals surface area contributed by atoms with Gasteiger partial charge in [-0.15, -0.1) is 0 Å². The number of rotatable bonds is 2. The molecule has 124 valence electrons. The fourth-order valence-electron chi connectivity index (χ4n) is 3.11. The summed E-state index contributed by atoms with van der Waals surface area (Å²) in [5.74, 6) is 0.700. The van der Waals surface area contributed by atoms with Gasteiger partial charge in [-0.3, -0.25) is 0 Å². The summed E-state index contributed by atoms with van der Waals surface area (Å²) in [4.78, 5) is 2.04. The second-order valence-electron chi connectivity index (χ2n) is 6.27. The van der Waals surface area contributed by atoms with Crippen molar-refractivity contribution in [2.75, 3.05) is 19.0 Å². The van der Waals surface area contributed by atoms with Crippen molar-refractivity contribution in [2.45, 2.75) is 0 Å². The molecule has 2 aliphatic rings. The maximum Gasteiger partial charge on any atom is 0.137 e. The molecule has 4 rings (SSSR count). The monoisotopic (exact) mass is 348 g/mol. The lowest BCUT2D eigenvalue weighted by Crippen LogP contribution is -2.08. The molecule has 25 heavy (non-hydrogen) atoms. The van der Waals surface area contributed by atoms with Crippen LogP contribution in [0.1, 0.15) is 0 Å². The van der Waals surface area contributed by atoms with Crippen LogP contribution in [0.5, 0.6) is 0 Å². The third kappa shape index (κ3) is 2.77. The van der Waals surface area contributed by atoms with Gasteiger partial charge in [-0.05, 0) is 42.0 Å². The van der Waals surface area contributed by atoms with Gasteiger partial charge in [0.1, 0.15) is 11.3 Å². The topological polar surface area (TPSA) is 40.2 Å². The molecule has 0 unspecified atom stereocenters. The molecular formula is C21H17ClN2O. The second-order valence-corrected chi connectivity index (χ2v) is 6.71. The maximum atomic E-state index is 7.92. The number of nitrogens with zero attached hydrogens (tertiary/aromatic N) is 1. The van der Waals surface area contributed by atoms with Gasteiger partial charge in [-0.1, -0.05) is 23.7 Å². The highest BCUT2D eigenvalue weighted by Gasteiger charge is 2.17. The molecular weight excluding hydrogens is 332 g/mol. The standard InChI is InChI=1S/C21H17ClN2O/c1-24(2)16-7-9-18-20(12-16)25-19-11-15(23)6-8-17(19)21(18)13-4-3-5-14(22)10-13/h3-12,23H,1-2H3. The van der Waals surface area contributed by atoms with Crippen LogP contribution >= 0.6 is 11.6 Å². The van der Waals surface area contributed by atoms with Crippen molar-refractivity contribution in [3.63, 3.8) is 0 Å². The number of halogens is 1. The van der Waals surface area contributed by atoms with E-state index >= 15 is 0 Å². The molecule has 1 aliphatic heterocycles. The summed E-state index contributed by atoms with van der Waals surface area (Å²) in [6.07, 6.45) is 0. The van der Waals surface area contributed by atoms with Crippen molar-refractivity contribution in [3.05, 3.63) is 71.0 Å². The Morgan fingerprint density at radius 2 is 1.80 bits per heavy atom. The Morgan fingerprint density at radius 1 is 0.960 bits per heavy atom. The van der Waals surface area contributed by atoms with Gasteiger partial charge >= 0.3 is 0 Å². The van der Waals surface area contributed by atoms with Gasteiger partial charge in [-0.2, -0.15) is 0 Å². The molecule has 0 atom stereocenters. The van der Waals surface area contributed by atoms with Crippen LogP contribution in [0, 0.1) is 5.41 Å². The van der Waals surface area contributed by atoms with Gasteiger partial charge in [-0.25, -0.2) is 0 Å². The number of hydrogen-bond acceptors (Lipinski definition) is 3. The first-order valence-electron chi connectivity index (χ1n) is 8.01. The fraction of sp³-hybridized carbons (Fsp3) is 0.0952. The van der Waals surface area contributed by atoms with E-state index in [0.29, 0.717) is 16.1 Å². The lowest BCUT2D eigenvalue weighted by molar-refractivity contribution is 0.619. The summed E-state index contributed by atoms with van der Waals surface area (Å²) in [5.41, 5.74) is 4.94. The molecule has 0 fully saturated rings. The Bertz CT molecular complexity index is 1110. The van der Waals surface area contributed by atoms with Crippen molar-refractivity contribution in [1.29, 1.82) is 5.41 Å². The zero-order valence-electron chi connectivity index (χ0n) is 14.0. The minimum absolute atomic E-state index is 0.427. The molecule has 0 amide bonds. The lowest BCUT2D eigenvalue weighted by Gasteiger charge is -2.18. The number of anilines is 1. The molecule has 3 nitrogen and oxygen atoms in total. The Balaban J connectivity index is 2.15. The normalized spacial score (nSPS) is 11.2. The molecule has 0 saturated carbocycles. The van der Waals surface area contributed by atoms with Crippen LogP contribution in [-0.4, -0.2) is 14.1 Å². The molecule has 0 aromatic heterocycles. The van der Waals surface area contributed by atoms with Crippen molar-refractivity contribution in [2.24, 2.45) is 0 Å². The Morgan fingerprint density at radius 3 is 2.56 bits per heavy atom. The summed E-state index contributed by atoms with van der Waals surface area (Å²) in [6.45, 7) is 0. The van der Waals surface area contributed by atoms with Crippen LogP contribution in [0.25, 0.3) is 33.4 Å². The lowest BCUT2D eigenvalue weighted by atomic mass is 9.93. The SMILES string of the molecule is CN(C)c1ccc2c(-c3cccc(Cl)c3)c3ccc(=N)cc-3oc2c1. The van der Waals surface area contributed by atoms with E-state index in [0.717, 1.165) is 33.3 Å². The van der Waals surface area contributed by atoms with E-state index in [-0.39, 0.29) is 0 Å². The average molecular weight is 349 g/mol. The van der Waals surface area contributed by atoms with Crippen LogP contribution in [0.2, 0.25) is 5.02 Å². The third-order valence-corrected chi connectivity index (χ3v) is 4.57. The minimum atomic E-state index is 0.427. The van der Waals surface area contributed by atoms with E-state index in [1.807, 2.05) is 49.3 Å². The Kier molecular flexibility index (Phi) is 3.74. The summed E-state index contributed by atoms with van der Waals surface area (Å²) in [7, 11) is 4.00. The summed E-state index contributed by atoms with van der Waals surface area (Å²) >= 11 is 6.23. The summed E-state index contributed by atoms with van der Waals surface area (Å²) in [5, 5.41) is 10.1. The number of nitrogens with one attached hydrogen (secondary N) is 1. The molecule has 1 heterocycles. The van der Waals surface area contributed by atoms with Gasteiger partial charge < -0.3 is 14.7 Å². The van der Waals surface area contributed by atoms with Crippen molar-refractivity contribution < 1.29 is 4.42 Å². The van der Waals surface area contributed by atoms with Crippen molar-refractivity contribution in [1.82, 2.24) is 0 Å². The van der Waals surface area contributed by atoms with Gasteiger partial charge in [0, 0.05) is 53.5 Å². The second kappa shape index (κ2) is 5.94. The van der Waals surface area contributed by atoms with E-state index in [1.54, 1.807) is 12.1 Å². The van der Waals surface area contributed by atoms with Gasteiger partial charge in [0.2, 0.25) is 0 Å². The van der Waals surface area contributed by atoms with E-state index in [4.69, 9.17) is 21.4 Å².